The van der Waals surface area contributed by atoms with Gasteiger partial charge in [-0.2, -0.15) is 0 Å². The normalized spacial score (nSPS) is 14.2. The summed E-state index contributed by atoms with van der Waals surface area (Å²) < 4.78 is 0. The first-order valence-electron chi connectivity index (χ1n) is 12.3. The molecule has 4 nitrogen and oxygen atoms in total. The molecule has 0 amide bonds. The molecule has 0 bridgehead atoms. The molecular formula is C30H32O4. The molecule has 0 aliphatic heterocycles. The molecule has 1 aliphatic rings. The summed E-state index contributed by atoms with van der Waals surface area (Å²) in [6.45, 7) is 4.21. The molecule has 4 rings (SSSR count). The van der Waals surface area contributed by atoms with Crippen LogP contribution in [0.3, 0.4) is 0 Å². The SMILES string of the molecule is CCc1cc(C2CCCCC2)c(CC)c(-c2ccccc2C(=O)O)c1-c1ccccc1C(=O)O. The Morgan fingerprint density at radius 3 is 1.79 bits per heavy atom. The summed E-state index contributed by atoms with van der Waals surface area (Å²) in [5.74, 6) is -1.51. The second kappa shape index (κ2) is 10.3. The maximum absolute atomic E-state index is 12.3. The van der Waals surface area contributed by atoms with Crippen LogP contribution in [0.1, 0.15) is 89.3 Å². The summed E-state index contributed by atoms with van der Waals surface area (Å²) >= 11 is 0. The summed E-state index contributed by atoms with van der Waals surface area (Å²) in [6, 6.07) is 16.5. The first kappa shape index (κ1) is 23.7. The van der Waals surface area contributed by atoms with Gasteiger partial charge in [0, 0.05) is 0 Å². The van der Waals surface area contributed by atoms with Crippen molar-refractivity contribution in [2.45, 2.75) is 64.7 Å². The van der Waals surface area contributed by atoms with Crippen molar-refractivity contribution in [1.82, 2.24) is 0 Å². The van der Waals surface area contributed by atoms with E-state index in [2.05, 4.69) is 19.9 Å². The Balaban J connectivity index is 2.16. The van der Waals surface area contributed by atoms with Gasteiger partial charge in [-0.15, -0.1) is 0 Å². The smallest absolute Gasteiger partial charge is 0.336 e. The number of carboxylic acids is 2. The predicted molar refractivity (Wildman–Crippen MR) is 136 cm³/mol. The lowest BCUT2D eigenvalue weighted by Gasteiger charge is -2.29. The fourth-order valence-corrected chi connectivity index (χ4v) is 5.62. The van der Waals surface area contributed by atoms with E-state index < -0.39 is 11.9 Å². The maximum Gasteiger partial charge on any atom is 0.336 e. The number of hydrogen-bond donors (Lipinski definition) is 2. The molecule has 0 heterocycles. The Morgan fingerprint density at radius 2 is 1.29 bits per heavy atom. The number of aromatic carboxylic acids is 2. The fourth-order valence-electron chi connectivity index (χ4n) is 5.62. The Labute approximate surface area is 201 Å². The summed E-state index contributed by atoms with van der Waals surface area (Å²) in [6.07, 6.45) is 7.44. The topological polar surface area (TPSA) is 74.6 Å². The van der Waals surface area contributed by atoms with E-state index in [1.54, 1.807) is 24.3 Å². The highest BCUT2D eigenvalue weighted by Crippen LogP contribution is 2.46. The number of rotatable bonds is 7. The van der Waals surface area contributed by atoms with Crippen LogP contribution in [-0.4, -0.2) is 22.2 Å². The van der Waals surface area contributed by atoms with E-state index in [0.29, 0.717) is 17.0 Å². The van der Waals surface area contributed by atoms with Crippen molar-refractivity contribution in [3.05, 3.63) is 82.4 Å². The van der Waals surface area contributed by atoms with E-state index >= 15 is 0 Å². The van der Waals surface area contributed by atoms with Crippen LogP contribution >= 0.6 is 0 Å². The molecule has 1 fully saturated rings. The number of carboxylic acid groups (broad SMARTS) is 2. The zero-order valence-corrected chi connectivity index (χ0v) is 19.9. The number of benzene rings is 3. The average Bonchev–Trinajstić information content (AvgIpc) is 2.87. The molecule has 1 saturated carbocycles. The van der Waals surface area contributed by atoms with Crippen molar-refractivity contribution in [3.8, 4) is 22.3 Å². The summed E-state index contributed by atoms with van der Waals surface area (Å²) in [5.41, 5.74) is 7.05. The lowest BCUT2D eigenvalue weighted by atomic mass is 9.75. The first-order valence-corrected chi connectivity index (χ1v) is 12.3. The molecule has 4 heteroatoms. The van der Waals surface area contributed by atoms with Gasteiger partial charge in [0.15, 0.2) is 0 Å². The van der Waals surface area contributed by atoms with Crippen LogP contribution in [0.25, 0.3) is 22.3 Å². The van der Waals surface area contributed by atoms with Gasteiger partial charge in [-0.25, -0.2) is 9.59 Å². The zero-order valence-electron chi connectivity index (χ0n) is 19.9. The zero-order chi connectivity index (χ0) is 24.2. The standard InChI is InChI=1S/C30H32O4/c1-3-19-18-26(20-12-6-5-7-13-20)21(4-2)28(23-15-9-11-17-25(23)30(33)34)27(19)22-14-8-10-16-24(22)29(31)32/h8-11,14-18,20H,3-7,12-13H2,1-2H3,(H,31,32)(H,33,34). The molecule has 0 saturated heterocycles. The second-order valence-corrected chi connectivity index (χ2v) is 9.10. The van der Waals surface area contributed by atoms with Crippen LogP contribution in [0.4, 0.5) is 0 Å². The Morgan fingerprint density at radius 1 is 0.765 bits per heavy atom. The number of aryl methyl sites for hydroxylation is 1. The molecule has 0 spiro atoms. The number of carbonyl (C=O) groups is 2. The van der Waals surface area contributed by atoms with Crippen LogP contribution in [0.15, 0.2) is 54.6 Å². The van der Waals surface area contributed by atoms with E-state index in [9.17, 15) is 19.8 Å². The highest BCUT2D eigenvalue weighted by molar-refractivity contribution is 6.04. The minimum atomic E-state index is -0.982. The van der Waals surface area contributed by atoms with Gasteiger partial charge in [-0.3, -0.25) is 0 Å². The summed E-state index contributed by atoms with van der Waals surface area (Å²) in [7, 11) is 0. The molecule has 0 atom stereocenters. The Hall–Kier alpha value is -3.40. The molecule has 0 radical (unpaired) electrons. The molecular weight excluding hydrogens is 424 g/mol. The monoisotopic (exact) mass is 456 g/mol. The molecule has 34 heavy (non-hydrogen) atoms. The average molecular weight is 457 g/mol. The van der Waals surface area contributed by atoms with Crippen molar-refractivity contribution in [3.63, 3.8) is 0 Å². The third kappa shape index (κ3) is 4.37. The third-order valence-electron chi connectivity index (χ3n) is 7.18. The van der Waals surface area contributed by atoms with Gasteiger partial charge in [0.2, 0.25) is 0 Å². The van der Waals surface area contributed by atoms with Crippen molar-refractivity contribution in [2.75, 3.05) is 0 Å². The van der Waals surface area contributed by atoms with E-state index in [-0.39, 0.29) is 11.1 Å². The van der Waals surface area contributed by atoms with Crippen molar-refractivity contribution in [1.29, 1.82) is 0 Å². The van der Waals surface area contributed by atoms with Gasteiger partial charge in [-0.1, -0.05) is 75.6 Å². The van der Waals surface area contributed by atoms with Gasteiger partial charge in [0.1, 0.15) is 0 Å². The van der Waals surface area contributed by atoms with Gasteiger partial charge in [-0.05, 0) is 82.7 Å². The third-order valence-corrected chi connectivity index (χ3v) is 7.18. The van der Waals surface area contributed by atoms with Crippen molar-refractivity contribution >= 4 is 11.9 Å². The quantitative estimate of drug-likeness (QED) is 0.384. The fraction of sp³-hybridized carbons (Fsp3) is 0.333. The molecule has 0 unspecified atom stereocenters. The van der Waals surface area contributed by atoms with Gasteiger partial charge in [0.05, 0.1) is 11.1 Å². The summed E-state index contributed by atoms with van der Waals surface area (Å²) in [4.78, 5) is 24.5. The Bertz CT molecular complexity index is 1220. The van der Waals surface area contributed by atoms with Crippen LogP contribution in [-0.2, 0) is 12.8 Å². The largest absolute Gasteiger partial charge is 0.478 e. The minimum Gasteiger partial charge on any atom is -0.478 e. The van der Waals surface area contributed by atoms with E-state index in [1.807, 2.05) is 24.3 Å². The van der Waals surface area contributed by atoms with Gasteiger partial charge in [0.25, 0.3) is 0 Å². The highest BCUT2D eigenvalue weighted by atomic mass is 16.4. The van der Waals surface area contributed by atoms with Gasteiger partial charge < -0.3 is 10.2 Å². The van der Waals surface area contributed by atoms with Crippen LogP contribution in [0, 0.1) is 0 Å². The molecule has 2 N–H and O–H groups in total. The predicted octanol–water partition coefficient (Wildman–Crippen LogP) is 7.59. The molecule has 3 aromatic carbocycles. The molecule has 3 aromatic rings. The summed E-state index contributed by atoms with van der Waals surface area (Å²) in [5, 5.41) is 20.0. The van der Waals surface area contributed by atoms with E-state index in [0.717, 1.165) is 47.9 Å². The van der Waals surface area contributed by atoms with Crippen molar-refractivity contribution in [2.24, 2.45) is 0 Å². The van der Waals surface area contributed by atoms with Gasteiger partial charge >= 0.3 is 11.9 Å². The molecule has 0 aromatic heterocycles. The Kier molecular flexibility index (Phi) is 7.16. The van der Waals surface area contributed by atoms with Crippen molar-refractivity contribution < 1.29 is 19.8 Å². The van der Waals surface area contributed by atoms with E-state index in [1.165, 1.54) is 24.8 Å². The lowest BCUT2D eigenvalue weighted by Crippen LogP contribution is -2.12. The first-order chi connectivity index (χ1) is 16.5. The molecule has 1 aliphatic carbocycles. The maximum atomic E-state index is 12.3. The van der Waals surface area contributed by atoms with E-state index in [4.69, 9.17) is 0 Å². The van der Waals surface area contributed by atoms with Crippen LogP contribution in [0.5, 0.6) is 0 Å². The lowest BCUT2D eigenvalue weighted by molar-refractivity contribution is 0.0686. The van der Waals surface area contributed by atoms with Crippen LogP contribution in [0.2, 0.25) is 0 Å². The minimum absolute atomic E-state index is 0.235. The second-order valence-electron chi connectivity index (χ2n) is 9.10. The van der Waals surface area contributed by atoms with Crippen LogP contribution < -0.4 is 0 Å². The number of hydrogen-bond acceptors (Lipinski definition) is 2. The highest BCUT2D eigenvalue weighted by Gasteiger charge is 2.28. The molecule has 176 valence electrons.